The van der Waals surface area contributed by atoms with Gasteiger partial charge in [0.05, 0.1) is 0 Å². The fourth-order valence-corrected chi connectivity index (χ4v) is 5.38. The molecule has 2 unspecified atom stereocenters. The molecule has 0 aliphatic carbocycles. The zero-order chi connectivity index (χ0) is 18.4. The Hall–Kier alpha value is 0.220. The summed E-state index contributed by atoms with van der Waals surface area (Å²) in [7, 11) is -6.54. The van der Waals surface area contributed by atoms with Crippen molar-refractivity contribution in [3.63, 3.8) is 0 Å². The molecule has 0 heterocycles. The summed E-state index contributed by atoms with van der Waals surface area (Å²) in [5, 5.41) is 0. The van der Waals surface area contributed by atoms with Gasteiger partial charge in [-0.3, -0.25) is 0 Å². The highest BCUT2D eigenvalue weighted by Gasteiger charge is 2.45. The largest absolute Gasteiger partial charge is 0.792 e. The van der Waals surface area contributed by atoms with E-state index in [0.29, 0.717) is 24.2 Å². The molecule has 0 bridgehead atoms. The van der Waals surface area contributed by atoms with E-state index in [1.165, 1.54) is 0 Å². The summed E-state index contributed by atoms with van der Waals surface area (Å²) in [5.74, 6) is 1.36. The van der Waals surface area contributed by atoms with Gasteiger partial charge in [-0.1, -0.05) is 53.4 Å². The summed E-state index contributed by atoms with van der Waals surface area (Å²) in [5.41, 5.74) is 0. The lowest BCUT2D eigenvalue weighted by molar-refractivity contribution is 0.415. The molecule has 0 aliphatic heterocycles. The standard InChI is InChI=1S/C16H34O5P3/c1-15(2)11-7-5-9-13-22(17)20-24(19)21-23(18)14-10-6-8-12-16(3)4/h15-16H,5-14H2,1-4H3/q+3. The van der Waals surface area contributed by atoms with Gasteiger partial charge in [0.15, 0.2) is 12.3 Å². The molecule has 0 amide bonds. The lowest BCUT2D eigenvalue weighted by atomic mass is 10.1. The molecule has 0 aromatic rings. The highest BCUT2D eigenvalue weighted by atomic mass is 31.2. The van der Waals surface area contributed by atoms with Gasteiger partial charge in [-0.05, 0) is 46.6 Å². The van der Waals surface area contributed by atoms with E-state index in [4.69, 9.17) is 8.62 Å². The van der Waals surface area contributed by atoms with Gasteiger partial charge in [0.2, 0.25) is 0 Å². The van der Waals surface area contributed by atoms with Crippen molar-refractivity contribution in [2.75, 3.05) is 12.3 Å². The van der Waals surface area contributed by atoms with Gasteiger partial charge in [0, 0.05) is 4.57 Å². The molecule has 2 atom stereocenters. The van der Waals surface area contributed by atoms with Crippen molar-refractivity contribution in [1.82, 2.24) is 0 Å². The number of rotatable bonds is 16. The topological polar surface area (TPSA) is 69.7 Å². The lowest BCUT2D eigenvalue weighted by Gasteiger charge is -2.01. The van der Waals surface area contributed by atoms with E-state index < -0.39 is 24.3 Å². The van der Waals surface area contributed by atoms with Crippen molar-refractivity contribution in [1.29, 1.82) is 0 Å². The summed E-state index contributed by atoms with van der Waals surface area (Å²) in [6, 6.07) is 0. The molecular weight excluding hydrogens is 365 g/mol. The third-order valence-electron chi connectivity index (χ3n) is 3.56. The molecular formula is C16H34O5P3+3. The van der Waals surface area contributed by atoms with Crippen LogP contribution in [0.3, 0.4) is 0 Å². The SMILES string of the molecule is CC(C)CCCCC[P+](=O)O[P+](=O)O[P+](=O)CCCCCC(C)C. The van der Waals surface area contributed by atoms with Gasteiger partial charge in [-0.25, -0.2) is 0 Å². The molecule has 0 spiro atoms. The molecule has 0 radical (unpaired) electrons. The summed E-state index contributed by atoms with van der Waals surface area (Å²) in [6.45, 7) is 8.71. The van der Waals surface area contributed by atoms with Gasteiger partial charge < -0.3 is 0 Å². The van der Waals surface area contributed by atoms with Crippen LogP contribution in [0.1, 0.15) is 79.1 Å². The summed E-state index contributed by atoms with van der Waals surface area (Å²) < 4.78 is 44.5. The minimum Gasteiger partial charge on any atom is -0.0628 e. The Bertz CT molecular complexity index is 352. The van der Waals surface area contributed by atoms with E-state index in [9.17, 15) is 13.7 Å². The van der Waals surface area contributed by atoms with Crippen LogP contribution >= 0.6 is 24.3 Å². The molecule has 0 saturated heterocycles. The highest BCUT2D eigenvalue weighted by molar-refractivity contribution is 7.56. The summed E-state index contributed by atoms with van der Waals surface area (Å²) in [4.78, 5) is 0. The molecule has 24 heavy (non-hydrogen) atoms. The number of unbranched alkanes of at least 4 members (excludes halogenated alkanes) is 4. The van der Waals surface area contributed by atoms with Crippen molar-refractivity contribution < 1.29 is 22.3 Å². The van der Waals surface area contributed by atoms with Crippen molar-refractivity contribution in [2.24, 2.45) is 11.8 Å². The molecule has 0 rings (SSSR count). The van der Waals surface area contributed by atoms with E-state index in [-0.39, 0.29) is 0 Å². The van der Waals surface area contributed by atoms with Crippen LogP contribution in [0.5, 0.6) is 0 Å². The molecule has 140 valence electrons. The predicted molar refractivity (Wildman–Crippen MR) is 101 cm³/mol. The molecule has 0 N–H and O–H groups in total. The maximum atomic E-state index is 11.7. The Balaban J connectivity index is 3.64. The fourth-order valence-electron chi connectivity index (χ4n) is 2.19. The van der Waals surface area contributed by atoms with Crippen molar-refractivity contribution >= 4 is 24.3 Å². The average molecular weight is 399 g/mol. The minimum atomic E-state index is -2.55. The Labute approximate surface area is 150 Å². The Kier molecular flexibility index (Phi) is 15.6. The van der Waals surface area contributed by atoms with Crippen LogP contribution in [0.4, 0.5) is 0 Å². The molecule has 5 nitrogen and oxygen atoms in total. The Morgan fingerprint density at radius 1 is 0.625 bits per heavy atom. The molecule has 0 aliphatic rings. The van der Waals surface area contributed by atoms with Crippen LogP contribution in [-0.4, -0.2) is 12.3 Å². The maximum Gasteiger partial charge on any atom is 0.792 e. The van der Waals surface area contributed by atoms with E-state index in [2.05, 4.69) is 27.7 Å². The first-order valence-corrected chi connectivity index (χ1v) is 12.9. The van der Waals surface area contributed by atoms with Gasteiger partial charge in [0.1, 0.15) is 8.62 Å². The quantitative estimate of drug-likeness (QED) is 0.197. The third kappa shape index (κ3) is 17.1. The van der Waals surface area contributed by atoms with Crippen molar-refractivity contribution in [2.45, 2.75) is 79.1 Å². The smallest absolute Gasteiger partial charge is 0.0628 e. The van der Waals surface area contributed by atoms with E-state index in [0.717, 1.165) is 51.4 Å². The second-order valence-electron chi connectivity index (χ2n) is 6.99. The first-order chi connectivity index (χ1) is 11.3. The van der Waals surface area contributed by atoms with Crippen LogP contribution in [-0.2, 0) is 22.3 Å². The zero-order valence-corrected chi connectivity index (χ0v) is 18.3. The van der Waals surface area contributed by atoms with Gasteiger partial charge in [-0.15, -0.1) is 0 Å². The normalized spacial score (nSPS) is 13.5. The van der Waals surface area contributed by atoms with Gasteiger partial charge in [0.25, 0.3) is 0 Å². The second kappa shape index (κ2) is 15.5. The molecule has 0 saturated carbocycles. The van der Waals surface area contributed by atoms with Crippen LogP contribution in [0.15, 0.2) is 0 Å². The van der Waals surface area contributed by atoms with Crippen molar-refractivity contribution in [3.8, 4) is 0 Å². The highest BCUT2D eigenvalue weighted by Crippen LogP contribution is 2.46. The van der Waals surface area contributed by atoms with E-state index >= 15 is 0 Å². The van der Waals surface area contributed by atoms with E-state index in [1.54, 1.807) is 0 Å². The van der Waals surface area contributed by atoms with Crippen LogP contribution in [0.2, 0.25) is 0 Å². The zero-order valence-electron chi connectivity index (χ0n) is 15.6. The van der Waals surface area contributed by atoms with Crippen LogP contribution in [0, 0.1) is 11.8 Å². The Morgan fingerprint density at radius 2 is 1.00 bits per heavy atom. The van der Waals surface area contributed by atoms with Gasteiger partial charge >= 0.3 is 24.3 Å². The Morgan fingerprint density at radius 3 is 1.33 bits per heavy atom. The predicted octanol–water partition coefficient (Wildman–Crippen LogP) is 7.59. The number of hydrogen-bond donors (Lipinski definition) is 0. The fraction of sp³-hybridized carbons (Fsp3) is 1.00. The minimum absolute atomic E-state index is 0.379. The molecule has 0 fully saturated rings. The van der Waals surface area contributed by atoms with E-state index in [1.807, 2.05) is 0 Å². The molecule has 0 aromatic heterocycles. The van der Waals surface area contributed by atoms with Crippen LogP contribution < -0.4 is 0 Å². The average Bonchev–Trinajstić information content (AvgIpc) is 2.45. The first kappa shape index (κ1) is 24.2. The third-order valence-corrected chi connectivity index (χ3v) is 7.45. The monoisotopic (exact) mass is 399 g/mol. The van der Waals surface area contributed by atoms with Crippen molar-refractivity contribution in [3.05, 3.63) is 0 Å². The molecule has 8 heteroatoms. The maximum absolute atomic E-state index is 11.7. The summed E-state index contributed by atoms with van der Waals surface area (Å²) >= 11 is 0. The lowest BCUT2D eigenvalue weighted by Crippen LogP contribution is -1.88. The van der Waals surface area contributed by atoms with Crippen LogP contribution in [0.25, 0.3) is 0 Å². The first-order valence-electron chi connectivity index (χ1n) is 9.04. The molecule has 0 aromatic carbocycles. The second-order valence-corrected chi connectivity index (χ2v) is 11.0. The summed E-state index contributed by atoms with van der Waals surface area (Å²) in [6.07, 6.45) is 8.83. The number of hydrogen-bond acceptors (Lipinski definition) is 5. The van der Waals surface area contributed by atoms with Gasteiger partial charge in [-0.2, -0.15) is 0 Å².